The smallest absolute Gasteiger partial charge is 0.220 e. The Morgan fingerprint density at radius 3 is 2.90 bits per heavy atom. The highest BCUT2D eigenvalue weighted by molar-refractivity contribution is 7.13. The molecule has 4 heteroatoms. The number of thiazole rings is 1. The van der Waals surface area contributed by atoms with Gasteiger partial charge in [0.15, 0.2) is 0 Å². The van der Waals surface area contributed by atoms with E-state index in [1.54, 1.807) is 11.3 Å². The van der Waals surface area contributed by atoms with E-state index in [9.17, 15) is 4.79 Å². The summed E-state index contributed by atoms with van der Waals surface area (Å²) in [6.07, 6.45) is 2.59. The SMILES string of the molecule is CCCCC(=O)NCc1csc(-c2ccccc2C)n1. The van der Waals surface area contributed by atoms with E-state index in [1.807, 2.05) is 17.5 Å². The number of rotatable bonds is 6. The molecule has 0 atom stereocenters. The van der Waals surface area contributed by atoms with Crippen LogP contribution < -0.4 is 5.32 Å². The number of aryl methyl sites for hydroxylation is 1. The van der Waals surface area contributed by atoms with Gasteiger partial charge in [-0.3, -0.25) is 4.79 Å². The van der Waals surface area contributed by atoms with E-state index in [1.165, 1.54) is 11.1 Å². The van der Waals surface area contributed by atoms with E-state index in [0.29, 0.717) is 13.0 Å². The van der Waals surface area contributed by atoms with Crippen molar-refractivity contribution in [1.29, 1.82) is 0 Å². The van der Waals surface area contributed by atoms with Crippen LogP contribution in [0.1, 0.15) is 37.4 Å². The predicted molar refractivity (Wildman–Crippen MR) is 83.7 cm³/mol. The summed E-state index contributed by atoms with van der Waals surface area (Å²) >= 11 is 1.62. The van der Waals surface area contributed by atoms with Gasteiger partial charge in [-0.15, -0.1) is 11.3 Å². The second-order valence-electron chi connectivity index (χ2n) is 4.84. The van der Waals surface area contributed by atoms with Gasteiger partial charge in [0.2, 0.25) is 5.91 Å². The molecule has 20 heavy (non-hydrogen) atoms. The lowest BCUT2D eigenvalue weighted by Gasteiger charge is -2.02. The number of carbonyl (C=O) groups excluding carboxylic acids is 1. The van der Waals surface area contributed by atoms with E-state index in [2.05, 4.69) is 36.3 Å². The van der Waals surface area contributed by atoms with Gasteiger partial charge >= 0.3 is 0 Å². The highest BCUT2D eigenvalue weighted by atomic mass is 32.1. The molecule has 0 bridgehead atoms. The average molecular weight is 288 g/mol. The van der Waals surface area contributed by atoms with E-state index in [-0.39, 0.29) is 5.91 Å². The second-order valence-corrected chi connectivity index (χ2v) is 5.70. The Kier molecular flexibility index (Phi) is 5.30. The first-order valence-electron chi connectivity index (χ1n) is 6.97. The molecule has 1 N–H and O–H groups in total. The monoisotopic (exact) mass is 288 g/mol. The van der Waals surface area contributed by atoms with Gasteiger partial charge in [0, 0.05) is 17.4 Å². The van der Waals surface area contributed by atoms with Gasteiger partial charge in [0.05, 0.1) is 12.2 Å². The van der Waals surface area contributed by atoms with Crippen molar-refractivity contribution in [2.45, 2.75) is 39.7 Å². The van der Waals surface area contributed by atoms with Gasteiger partial charge in [-0.05, 0) is 18.9 Å². The molecule has 0 fully saturated rings. The van der Waals surface area contributed by atoms with Crippen molar-refractivity contribution >= 4 is 17.2 Å². The van der Waals surface area contributed by atoms with Gasteiger partial charge < -0.3 is 5.32 Å². The zero-order chi connectivity index (χ0) is 14.4. The Morgan fingerprint density at radius 1 is 1.35 bits per heavy atom. The normalized spacial score (nSPS) is 10.5. The van der Waals surface area contributed by atoms with Crippen LogP contribution in [-0.2, 0) is 11.3 Å². The predicted octanol–water partition coefficient (Wildman–Crippen LogP) is 3.92. The fourth-order valence-electron chi connectivity index (χ4n) is 1.94. The van der Waals surface area contributed by atoms with E-state index in [4.69, 9.17) is 0 Å². The lowest BCUT2D eigenvalue weighted by Crippen LogP contribution is -2.22. The Morgan fingerprint density at radius 2 is 2.15 bits per heavy atom. The number of amides is 1. The van der Waals surface area contributed by atoms with Gasteiger partial charge in [0.1, 0.15) is 5.01 Å². The molecular formula is C16H20N2OS. The standard InChI is InChI=1S/C16H20N2OS/c1-3-4-9-15(19)17-10-13-11-20-16(18-13)14-8-6-5-7-12(14)2/h5-8,11H,3-4,9-10H2,1-2H3,(H,17,19). The number of benzene rings is 1. The number of unbranched alkanes of at least 4 members (excludes halogenated alkanes) is 1. The van der Waals surface area contributed by atoms with Crippen molar-refractivity contribution in [3.8, 4) is 10.6 Å². The van der Waals surface area contributed by atoms with Crippen LogP contribution in [0.25, 0.3) is 10.6 Å². The molecule has 2 aromatic rings. The zero-order valence-electron chi connectivity index (χ0n) is 12.0. The molecule has 1 aromatic heterocycles. The van der Waals surface area contributed by atoms with Crippen LogP contribution in [0.15, 0.2) is 29.6 Å². The molecule has 3 nitrogen and oxygen atoms in total. The highest BCUT2D eigenvalue weighted by Gasteiger charge is 2.07. The Bertz CT molecular complexity index is 577. The molecule has 0 aliphatic rings. The molecule has 0 spiro atoms. The average Bonchev–Trinajstić information content (AvgIpc) is 2.92. The van der Waals surface area contributed by atoms with Gasteiger partial charge in [-0.2, -0.15) is 0 Å². The van der Waals surface area contributed by atoms with Crippen molar-refractivity contribution < 1.29 is 4.79 Å². The zero-order valence-corrected chi connectivity index (χ0v) is 12.8. The molecule has 0 aliphatic heterocycles. The Hall–Kier alpha value is -1.68. The van der Waals surface area contributed by atoms with Crippen molar-refractivity contribution in [2.75, 3.05) is 0 Å². The van der Waals surface area contributed by atoms with E-state index in [0.717, 1.165) is 23.5 Å². The summed E-state index contributed by atoms with van der Waals surface area (Å²) in [5, 5.41) is 5.95. The third-order valence-electron chi connectivity index (χ3n) is 3.15. The first-order chi connectivity index (χ1) is 9.70. The van der Waals surface area contributed by atoms with Gasteiger partial charge in [-0.25, -0.2) is 4.98 Å². The van der Waals surface area contributed by atoms with Gasteiger partial charge in [-0.1, -0.05) is 37.6 Å². The summed E-state index contributed by atoms with van der Waals surface area (Å²) in [5.41, 5.74) is 3.32. The quantitative estimate of drug-likeness (QED) is 0.875. The van der Waals surface area contributed by atoms with E-state index < -0.39 is 0 Å². The molecular weight excluding hydrogens is 268 g/mol. The molecule has 0 saturated heterocycles. The summed E-state index contributed by atoms with van der Waals surface area (Å²) in [5.74, 6) is 0.109. The molecule has 2 rings (SSSR count). The van der Waals surface area contributed by atoms with Gasteiger partial charge in [0.25, 0.3) is 0 Å². The molecule has 0 saturated carbocycles. The van der Waals surface area contributed by atoms with E-state index >= 15 is 0 Å². The van der Waals surface area contributed by atoms with Crippen molar-refractivity contribution in [1.82, 2.24) is 10.3 Å². The van der Waals surface area contributed by atoms with Crippen LogP contribution >= 0.6 is 11.3 Å². The first-order valence-corrected chi connectivity index (χ1v) is 7.85. The molecule has 1 amide bonds. The number of nitrogens with zero attached hydrogens (tertiary/aromatic N) is 1. The number of carbonyl (C=O) groups is 1. The van der Waals surface area contributed by atoms with Crippen LogP contribution in [0.2, 0.25) is 0 Å². The molecule has 0 aliphatic carbocycles. The second kappa shape index (κ2) is 7.20. The van der Waals surface area contributed by atoms with Crippen molar-refractivity contribution in [3.63, 3.8) is 0 Å². The minimum absolute atomic E-state index is 0.109. The van der Waals surface area contributed by atoms with Crippen molar-refractivity contribution in [2.24, 2.45) is 0 Å². The van der Waals surface area contributed by atoms with Crippen LogP contribution in [0, 0.1) is 6.92 Å². The van der Waals surface area contributed by atoms with Crippen LogP contribution in [0.4, 0.5) is 0 Å². The maximum atomic E-state index is 11.6. The van der Waals surface area contributed by atoms with Crippen LogP contribution in [-0.4, -0.2) is 10.9 Å². The van der Waals surface area contributed by atoms with Crippen LogP contribution in [0.3, 0.4) is 0 Å². The third-order valence-corrected chi connectivity index (χ3v) is 4.08. The summed E-state index contributed by atoms with van der Waals surface area (Å²) < 4.78 is 0. The summed E-state index contributed by atoms with van der Waals surface area (Å²) in [6, 6.07) is 8.22. The number of nitrogens with one attached hydrogen (secondary N) is 1. The molecule has 0 radical (unpaired) electrons. The first kappa shape index (κ1) is 14.7. The third kappa shape index (κ3) is 3.90. The summed E-state index contributed by atoms with van der Waals surface area (Å²) in [6.45, 7) is 4.69. The lowest BCUT2D eigenvalue weighted by atomic mass is 10.1. The number of hydrogen-bond acceptors (Lipinski definition) is 3. The largest absolute Gasteiger partial charge is 0.350 e. The summed E-state index contributed by atoms with van der Waals surface area (Å²) in [7, 11) is 0. The molecule has 1 heterocycles. The minimum atomic E-state index is 0.109. The molecule has 106 valence electrons. The maximum absolute atomic E-state index is 11.6. The number of aromatic nitrogens is 1. The molecule has 0 unspecified atom stereocenters. The maximum Gasteiger partial charge on any atom is 0.220 e. The van der Waals surface area contributed by atoms with Crippen LogP contribution in [0.5, 0.6) is 0 Å². The Labute approximate surface area is 124 Å². The molecule has 1 aromatic carbocycles. The minimum Gasteiger partial charge on any atom is -0.350 e. The van der Waals surface area contributed by atoms with Crippen molar-refractivity contribution in [3.05, 3.63) is 40.9 Å². The summed E-state index contributed by atoms with van der Waals surface area (Å²) in [4.78, 5) is 16.2. The number of hydrogen-bond donors (Lipinski definition) is 1. The topological polar surface area (TPSA) is 42.0 Å². The lowest BCUT2D eigenvalue weighted by molar-refractivity contribution is -0.121. The fraction of sp³-hybridized carbons (Fsp3) is 0.375. The fourth-order valence-corrected chi connectivity index (χ4v) is 2.85. The highest BCUT2D eigenvalue weighted by Crippen LogP contribution is 2.26. The Balaban J connectivity index is 1.96.